The van der Waals surface area contributed by atoms with Crippen LogP contribution >= 0.6 is 27.3 Å². The van der Waals surface area contributed by atoms with Crippen LogP contribution in [0.25, 0.3) is 0 Å². The fraction of sp³-hybridized carbons (Fsp3) is 0.571. The lowest BCUT2D eigenvalue weighted by Crippen LogP contribution is -2.11. The van der Waals surface area contributed by atoms with Crippen molar-refractivity contribution in [2.24, 2.45) is 0 Å². The Bertz CT molecular complexity index is 305. The lowest BCUT2D eigenvalue weighted by molar-refractivity contribution is -0.142. The molecule has 0 spiro atoms. The van der Waals surface area contributed by atoms with E-state index in [9.17, 15) is 4.79 Å². The summed E-state index contributed by atoms with van der Waals surface area (Å²) in [5.41, 5.74) is 0. The van der Waals surface area contributed by atoms with Gasteiger partial charge in [0.05, 0.1) is 13.0 Å². The molecule has 1 aromatic heterocycles. The van der Waals surface area contributed by atoms with Crippen molar-refractivity contribution in [1.29, 1.82) is 0 Å². The topological polar surface area (TPSA) is 64.1 Å². The van der Waals surface area contributed by atoms with E-state index in [-0.39, 0.29) is 5.97 Å². The fourth-order valence-electron chi connectivity index (χ4n) is 0.781. The molecule has 0 aliphatic heterocycles. The maximum absolute atomic E-state index is 10.9. The molecule has 1 rings (SSSR count). The molecule has 1 heterocycles. The minimum atomic E-state index is -0.205. The first kappa shape index (κ1) is 11.4. The molecule has 0 saturated carbocycles. The minimum absolute atomic E-state index is 0.205. The Balaban J connectivity index is 2.18. The zero-order chi connectivity index (χ0) is 10.4. The van der Waals surface area contributed by atoms with E-state index in [1.807, 2.05) is 0 Å². The average molecular weight is 280 g/mol. The highest BCUT2D eigenvalue weighted by atomic mass is 79.9. The largest absolute Gasteiger partial charge is 0.466 e. The third-order valence-corrected chi connectivity index (χ3v) is 2.62. The quantitative estimate of drug-likeness (QED) is 0.831. The molecule has 0 aliphatic rings. The van der Waals surface area contributed by atoms with E-state index < -0.39 is 0 Å². The van der Waals surface area contributed by atoms with Gasteiger partial charge in [0.2, 0.25) is 5.13 Å². The normalized spacial score (nSPS) is 9.86. The second-order valence-corrected chi connectivity index (χ2v) is 4.60. The Hall–Kier alpha value is -0.690. The van der Waals surface area contributed by atoms with Crippen LogP contribution < -0.4 is 5.32 Å². The Morgan fingerprint density at radius 3 is 3.00 bits per heavy atom. The Morgan fingerprint density at radius 1 is 1.64 bits per heavy atom. The molecule has 5 nitrogen and oxygen atoms in total. The van der Waals surface area contributed by atoms with Gasteiger partial charge in [-0.1, -0.05) is 11.3 Å². The second-order valence-electron chi connectivity index (χ2n) is 2.34. The smallest absolute Gasteiger partial charge is 0.307 e. The number of nitrogens with one attached hydrogen (secondary N) is 1. The highest BCUT2D eigenvalue weighted by Crippen LogP contribution is 2.19. The molecule has 0 fully saturated rings. The summed E-state index contributed by atoms with van der Waals surface area (Å²) in [6, 6.07) is 0. The number of anilines is 1. The first-order valence-electron chi connectivity index (χ1n) is 4.11. The summed E-state index contributed by atoms with van der Waals surface area (Å²) in [7, 11) is 0. The summed E-state index contributed by atoms with van der Waals surface area (Å²) < 4.78 is 5.48. The number of hydrogen-bond donors (Lipinski definition) is 1. The van der Waals surface area contributed by atoms with Gasteiger partial charge in [-0.15, -0.1) is 10.2 Å². The number of ether oxygens (including phenoxy) is 1. The third-order valence-electron chi connectivity index (χ3n) is 1.31. The third kappa shape index (κ3) is 4.01. The van der Waals surface area contributed by atoms with E-state index >= 15 is 0 Å². The van der Waals surface area contributed by atoms with Gasteiger partial charge in [-0.25, -0.2) is 0 Å². The number of nitrogens with zero attached hydrogens (tertiary/aromatic N) is 2. The van der Waals surface area contributed by atoms with Gasteiger partial charge in [-0.3, -0.25) is 4.79 Å². The standard InChI is InChI=1S/C7H10BrN3O2S/c1-2-13-5(12)3-4-9-7-11-10-6(8)14-7/h2-4H2,1H3,(H,9,11). The van der Waals surface area contributed by atoms with Gasteiger partial charge < -0.3 is 10.1 Å². The average Bonchev–Trinajstić information content (AvgIpc) is 2.52. The Labute approximate surface area is 94.0 Å². The van der Waals surface area contributed by atoms with Gasteiger partial charge in [0.25, 0.3) is 0 Å². The number of carbonyl (C=O) groups is 1. The van der Waals surface area contributed by atoms with E-state index in [1.165, 1.54) is 11.3 Å². The van der Waals surface area contributed by atoms with Gasteiger partial charge in [-0.05, 0) is 22.9 Å². The summed E-state index contributed by atoms with van der Waals surface area (Å²) in [6.07, 6.45) is 0.338. The number of hydrogen-bond acceptors (Lipinski definition) is 6. The number of esters is 1. The predicted octanol–water partition coefficient (Wildman–Crippen LogP) is 1.67. The molecule has 0 aliphatic carbocycles. The van der Waals surface area contributed by atoms with Gasteiger partial charge in [0, 0.05) is 6.54 Å². The van der Waals surface area contributed by atoms with Crippen molar-refractivity contribution in [2.45, 2.75) is 13.3 Å². The minimum Gasteiger partial charge on any atom is -0.466 e. The van der Waals surface area contributed by atoms with E-state index in [1.54, 1.807) is 6.92 Å². The second kappa shape index (κ2) is 5.92. The number of rotatable bonds is 5. The Morgan fingerprint density at radius 2 is 2.43 bits per heavy atom. The number of halogens is 1. The fourth-order valence-corrected chi connectivity index (χ4v) is 1.82. The lowest BCUT2D eigenvalue weighted by atomic mass is 10.4. The summed E-state index contributed by atoms with van der Waals surface area (Å²) >= 11 is 4.58. The summed E-state index contributed by atoms with van der Waals surface area (Å²) in [5.74, 6) is -0.205. The van der Waals surface area contributed by atoms with Crippen LogP contribution in [0.3, 0.4) is 0 Å². The van der Waals surface area contributed by atoms with Crippen LogP contribution in [-0.2, 0) is 9.53 Å². The van der Waals surface area contributed by atoms with Crippen molar-refractivity contribution in [3.8, 4) is 0 Å². The molecule has 7 heteroatoms. The van der Waals surface area contributed by atoms with Gasteiger partial charge in [-0.2, -0.15) is 0 Å². The highest BCUT2D eigenvalue weighted by molar-refractivity contribution is 9.11. The van der Waals surface area contributed by atoms with Crippen molar-refractivity contribution in [3.05, 3.63) is 3.92 Å². The Kier molecular flexibility index (Phi) is 4.81. The van der Waals surface area contributed by atoms with Crippen molar-refractivity contribution in [3.63, 3.8) is 0 Å². The van der Waals surface area contributed by atoms with Gasteiger partial charge in [0.15, 0.2) is 3.92 Å². The van der Waals surface area contributed by atoms with Crippen molar-refractivity contribution < 1.29 is 9.53 Å². The molecule has 0 aromatic carbocycles. The molecule has 78 valence electrons. The van der Waals surface area contributed by atoms with Gasteiger partial charge >= 0.3 is 5.97 Å². The zero-order valence-corrected chi connectivity index (χ0v) is 10.0. The highest BCUT2D eigenvalue weighted by Gasteiger charge is 2.03. The van der Waals surface area contributed by atoms with Crippen molar-refractivity contribution >= 4 is 38.4 Å². The van der Waals surface area contributed by atoms with Crippen LogP contribution in [-0.4, -0.2) is 29.3 Å². The van der Waals surface area contributed by atoms with Crippen LogP contribution in [0.5, 0.6) is 0 Å². The van der Waals surface area contributed by atoms with Crippen LogP contribution in [0.4, 0.5) is 5.13 Å². The van der Waals surface area contributed by atoms with Gasteiger partial charge in [0.1, 0.15) is 0 Å². The molecule has 1 N–H and O–H groups in total. The van der Waals surface area contributed by atoms with Crippen molar-refractivity contribution in [2.75, 3.05) is 18.5 Å². The SMILES string of the molecule is CCOC(=O)CCNc1nnc(Br)s1. The first-order chi connectivity index (χ1) is 6.72. The van der Waals surface area contributed by atoms with Crippen LogP contribution in [0.1, 0.15) is 13.3 Å². The van der Waals surface area contributed by atoms with Crippen molar-refractivity contribution in [1.82, 2.24) is 10.2 Å². The predicted molar refractivity (Wildman–Crippen MR) is 57.3 cm³/mol. The molecule has 14 heavy (non-hydrogen) atoms. The molecule has 0 saturated heterocycles. The molecule has 0 atom stereocenters. The molecular formula is C7H10BrN3O2S. The molecule has 0 bridgehead atoms. The van der Waals surface area contributed by atoms with E-state index in [4.69, 9.17) is 4.74 Å². The number of carbonyl (C=O) groups excluding carboxylic acids is 1. The van der Waals surface area contributed by atoms with E-state index in [2.05, 4.69) is 31.4 Å². The monoisotopic (exact) mass is 279 g/mol. The summed E-state index contributed by atoms with van der Waals surface area (Å²) in [4.78, 5) is 10.9. The maximum Gasteiger partial charge on any atom is 0.307 e. The molecule has 0 radical (unpaired) electrons. The first-order valence-corrected chi connectivity index (χ1v) is 5.72. The molecular weight excluding hydrogens is 270 g/mol. The molecule has 0 amide bonds. The zero-order valence-electron chi connectivity index (χ0n) is 7.62. The number of aromatic nitrogens is 2. The van der Waals surface area contributed by atoms with Crippen LogP contribution in [0, 0.1) is 0 Å². The maximum atomic E-state index is 10.9. The lowest BCUT2D eigenvalue weighted by Gasteiger charge is -2.01. The molecule has 0 unspecified atom stereocenters. The van der Waals surface area contributed by atoms with E-state index in [0.717, 1.165) is 3.92 Å². The summed E-state index contributed by atoms with van der Waals surface area (Å²) in [5, 5.41) is 11.2. The van der Waals surface area contributed by atoms with E-state index in [0.29, 0.717) is 24.7 Å². The summed E-state index contributed by atoms with van der Waals surface area (Å²) in [6.45, 7) is 2.72. The van der Waals surface area contributed by atoms with Crippen LogP contribution in [0.2, 0.25) is 0 Å². The van der Waals surface area contributed by atoms with Crippen LogP contribution in [0.15, 0.2) is 3.92 Å². The molecule has 1 aromatic rings.